The molecule has 1 rings (SSSR count). The summed E-state index contributed by atoms with van der Waals surface area (Å²) < 4.78 is 524. The molecule has 0 atom stereocenters. The highest BCUT2D eigenvalue weighted by Gasteiger charge is 2.99. The topological polar surface area (TPSA) is 66.5 Å². The molecular formula is C24H6BF38NO2. The van der Waals surface area contributed by atoms with Crippen molar-refractivity contribution in [3.05, 3.63) is 23.3 Å². The van der Waals surface area contributed by atoms with Crippen molar-refractivity contribution in [1.29, 1.82) is 0 Å². The Morgan fingerprint density at radius 1 is 0.288 bits per heavy atom. The number of anilines is 1. The molecule has 388 valence electrons. The Bertz CT molecular complexity index is 1960. The van der Waals surface area contributed by atoms with E-state index in [4.69, 9.17) is 10.0 Å². The molecule has 0 aliphatic heterocycles. The molecule has 0 heterocycles. The lowest BCUT2D eigenvalue weighted by atomic mass is 9.68. The molecule has 0 unspecified atom stereocenters. The lowest BCUT2D eigenvalue weighted by Gasteiger charge is -2.44. The first-order valence-corrected chi connectivity index (χ1v) is 14.4. The second-order valence-electron chi connectivity index (χ2n) is 12.6. The van der Waals surface area contributed by atoms with Crippen molar-refractivity contribution in [3.63, 3.8) is 0 Å². The number of rotatable bonds is 17. The minimum absolute atomic E-state index is 1.54. The van der Waals surface area contributed by atoms with Gasteiger partial charge >= 0.3 is 114 Å². The molecule has 0 radical (unpaired) electrons. The molecule has 0 fully saturated rings. The predicted molar refractivity (Wildman–Crippen MR) is 130 cm³/mol. The van der Waals surface area contributed by atoms with Crippen molar-refractivity contribution in [2.45, 2.75) is 107 Å². The van der Waals surface area contributed by atoms with E-state index in [0.717, 1.165) is 0 Å². The van der Waals surface area contributed by atoms with Gasteiger partial charge in [0.05, 0.1) is 5.56 Å². The third-order valence-corrected chi connectivity index (χ3v) is 8.42. The summed E-state index contributed by atoms with van der Waals surface area (Å²) in [6, 6.07) is -3.29. The lowest BCUT2D eigenvalue weighted by molar-refractivity contribution is -0.469. The summed E-state index contributed by atoms with van der Waals surface area (Å²) in [5.74, 6) is -150. The molecule has 0 saturated carbocycles. The van der Waals surface area contributed by atoms with Gasteiger partial charge in [-0.3, -0.25) is 0 Å². The van der Waals surface area contributed by atoms with Gasteiger partial charge in [0.15, 0.2) is 0 Å². The monoisotopic (exact) mass is 1070 g/mol. The molecule has 0 amide bonds. The maximum absolute atomic E-state index is 15.2. The normalized spacial score (nSPS) is 16.5. The molecular weight excluding hydrogens is 1070 g/mol. The van der Waals surface area contributed by atoms with Crippen molar-refractivity contribution in [2.24, 2.45) is 0 Å². The minimum Gasteiger partial charge on any atom is -0.423 e. The Morgan fingerprint density at radius 2 is 0.485 bits per heavy atom. The van der Waals surface area contributed by atoms with Crippen LogP contribution in [0.25, 0.3) is 0 Å². The highest BCUT2D eigenvalue weighted by Crippen LogP contribution is 2.69. The van der Waals surface area contributed by atoms with E-state index in [1.54, 1.807) is 0 Å². The lowest BCUT2D eigenvalue weighted by Crippen LogP contribution is -2.76. The second kappa shape index (κ2) is 15.2. The zero-order chi connectivity index (χ0) is 54.3. The fourth-order valence-electron chi connectivity index (χ4n) is 4.58. The summed E-state index contributed by atoms with van der Waals surface area (Å²) in [4.78, 5) is 0. The number of hydrogen-bond acceptors (Lipinski definition) is 3. The molecule has 0 aliphatic rings. The van der Waals surface area contributed by atoms with Gasteiger partial charge in [-0.2, -0.15) is 167 Å². The Kier molecular flexibility index (Phi) is 13.9. The first-order chi connectivity index (χ1) is 28.0. The first-order valence-electron chi connectivity index (χ1n) is 14.4. The van der Waals surface area contributed by atoms with Crippen LogP contribution in [0.2, 0.25) is 0 Å². The standard InChI is InChI=1S/C24H6BF38NO2/c26-7(27,9(30,31)11(34,35)13(38,39)15(42,43)17(46,47)19(50,51)21(54,55)23(58,59)60)3-1-2-4(64)5(6(3)25(65)66)8(28,29)10(32,33)12(36,37)14(40,41)16(44,45)18(48,49)20(52,53)22(56,57)24(61,62)63/h1-2,65-66H,64H2. The maximum Gasteiger partial charge on any atom is 0.489 e. The Labute approximate surface area is 332 Å². The summed E-state index contributed by atoms with van der Waals surface area (Å²) in [6.45, 7) is 0. The van der Waals surface area contributed by atoms with Crippen LogP contribution in [0.15, 0.2) is 12.1 Å². The molecule has 1 aromatic rings. The molecule has 42 heteroatoms. The van der Waals surface area contributed by atoms with Gasteiger partial charge in [-0.25, -0.2) is 0 Å². The van der Waals surface area contributed by atoms with E-state index < -0.39 is 149 Å². The third-order valence-electron chi connectivity index (χ3n) is 8.42. The van der Waals surface area contributed by atoms with Crippen molar-refractivity contribution in [1.82, 2.24) is 0 Å². The number of halogens is 38. The summed E-state index contributed by atoms with van der Waals surface area (Å²) in [7, 11) is -5.33. The van der Waals surface area contributed by atoms with E-state index in [9.17, 15) is 149 Å². The molecule has 3 nitrogen and oxygen atoms in total. The van der Waals surface area contributed by atoms with E-state index >= 15 is 17.6 Å². The zero-order valence-electron chi connectivity index (χ0n) is 28.6. The number of alkyl halides is 38. The van der Waals surface area contributed by atoms with Crippen molar-refractivity contribution in [2.75, 3.05) is 5.73 Å². The molecule has 0 saturated heterocycles. The molecule has 0 spiro atoms. The van der Waals surface area contributed by atoms with Gasteiger partial charge in [0.25, 0.3) is 0 Å². The van der Waals surface area contributed by atoms with Gasteiger partial charge in [-0.15, -0.1) is 0 Å². The van der Waals surface area contributed by atoms with Crippen molar-refractivity contribution in [3.8, 4) is 0 Å². The molecule has 1 aromatic carbocycles. The highest BCUT2D eigenvalue weighted by molar-refractivity contribution is 6.60. The van der Waals surface area contributed by atoms with Gasteiger partial charge in [0.1, 0.15) is 0 Å². The van der Waals surface area contributed by atoms with Crippen LogP contribution in [0, 0.1) is 0 Å². The van der Waals surface area contributed by atoms with Gasteiger partial charge in [0.2, 0.25) is 0 Å². The number of benzene rings is 1. The van der Waals surface area contributed by atoms with Crippen molar-refractivity contribution < 1.29 is 177 Å². The minimum atomic E-state index is -9.80. The number of hydrogen-bond donors (Lipinski definition) is 3. The van der Waals surface area contributed by atoms with Gasteiger partial charge in [0, 0.05) is 16.7 Å². The van der Waals surface area contributed by atoms with Crippen LogP contribution in [-0.4, -0.2) is 112 Å². The van der Waals surface area contributed by atoms with E-state index in [1.807, 2.05) is 0 Å². The zero-order valence-corrected chi connectivity index (χ0v) is 28.6. The summed E-state index contributed by atoms with van der Waals surface area (Å²) in [5, 5.41) is 18.3. The summed E-state index contributed by atoms with van der Waals surface area (Å²) in [5.41, 5.74) is -12.6. The summed E-state index contributed by atoms with van der Waals surface area (Å²) >= 11 is 0. The smallest absolute Gasteiger partial charge is 0.423 e. The predicted octanol–water partition coefficient (Wildman–Crippen LogP) is 11.2. The first kappa shape index (κ1) is 60.4. The molecule has 0 bridgehead atoms. The average Bonchev–Trinajstić information content (AvgIpc) is 3.08. The van der Waals surface area contributed by atoms with Gasteiger partial charge in [-0.1, -0.05) is 6.07 Å². The van der Waals surface area contributed by atoms with Crippen molar-refractivity contribution >= 4 is 18.3 Å². The fourth-order valence-corrected chi connectivity index (χ4v) is 4.58. The Balaban J connectivity index is 4.41. The van der Waals surface area contributed by atoms with E-state index in [2.05, 4.69) is 5.73 Å². The third kappa shape index (κ3) is 7.07. The van der Waals surface area contributed by atoms with Crippen LogP contribution >= 0.6 is 0 Å². The van der Waals surface area contributed by atoms with Crippen LogP contribution in [0.1, 0.15) is 11.1 Å². The highest BCUT2D eigenvalue weighted by atomic mass is 19.4. The molecule has 0 aromatic heterocycles. The van der Waals surface area contributed by atoms with E-state index in [-0.39, 0.29) is 0 Å². The van der Waals surface area contributed by atoms with Crippen LogP contribution in [0.3, 0.4) is 0 Å². The van der Waals surface area contributed by atoms with E-state index in [0.29, 0.717) is 0 Å². The average molecular weight is 1070 g/mol. The van der Waals surface area contributed by atoms with Crippen LogP contribution in [-0.2, 0) is 11.8 Å². The largest absolute Gasteiger partial charge is 0.489 e. The second-order valence-corrected chi connectivity index (χ2v) is 12.6. The SMILES string of the molecule is Nc1ccc(C(F)(F)C(F)(F)C(F)(F)C(F)(F)C(F)(F)C(F)(F)C(F)(F)C(F)(F)C(F)(F)F)c(B(O)O)c1C(F)(F)C(F)(F)C(F)(F)C(F)(F)C(F)(F)C(F)(F)C(F)(F)C(F)(F)C(F)(F)F. The van der Waals surface area contributed by atoms with Crippen LogP contribution in [0.4, 0.5) is 173 Å². The number of nitrogens with two attached hydrogens (primary N) is 1. The summed E-state index contributed by atoms with van der Waals surface area (Å²) in [6.07, 6.45) is -16.7. The van der Waals surface area contributed by atoms with Crippen LogP contribution < -0.4 is 11.2 Å². The quantitative estimate of drug-likeness (QED) is 0.0827. The maximum atomic E-state index is 15.2. The molecule has 66 heavy (non-hydrogen) atoms. The molecule has 4 N–H and O–H groups in total. The molecule has 0 aliphatic carbocycles. The Morgan fingerprint density at radius 3 is 0.697 bits per heavy atom. The fraction of sp³-hybridized carbons (Fsp3) is 0.750. The van der Waals surface area contributed by atoms with Crippen LogP contribution in [0.5, 0.6) is 0 Å². The van der Waals surface area contributed by atoms with Gasteiger partial charge < -0.3 is 15.8 Å². The van der Waals surface area contributed by atoms with Gasteiger partial charge in [-0.05, 0) is 6.07 Å². The Hall–Kier alpha value is -3.66. The number of nitrogen functional groups attached to an aromatic ring is 1. The van der Waals surface area contributed by atoms with E-state index in [1.165, 1.54) is 0 Å².